The maximum atomic E-state index is 9.27. The molecular formula is C14H22N4O2. The Bertz CT molecular complexity index is 441. The number of aromatic nitrogens is 1. The molecule has 0 amide bonds. The third-order valence-electron chi connectivity index (χ3n) is 3.80. The number of anilines is 1. The van der Waals surface area contributed by atoms with Gasteiger partial charge in [-0.3, -0.25) is 0 Å². The zero-order valence-corrected chi connectivity index (χ0v) is 11.6. The number of nitrogens with zero attached hydrogens (tertiary/aromatic N) is 3. The first kappa shape index (κ1) is 14.6. The van der Waals surface area contributed by atoms with E-state index < -0.39 is 0 Å². The highest BCUT2D eigenvalue weighted by Crippen LogP contribution is 2.26. The predicted octanol–water partition coefficient (Wildman–Crippen LogP) is 1.31. The van der Waals surface area contributed by atoms with E-state index in [-0.39, 0.29) is 12.4 Å². The molecule has 0 aromatic carbocycles. The van der Waals surface area contributed by atoms with Crippen LogP contribution in [-0.4, -0.2) is 40.3 Å². The lowest BCUT2D eigenvalue weighted by molar-refractivity contribution is 0.289. The van der Waals surface area contributed by atoms with Crippen molar-refractivity contribution in [1.29, 1.82) is 0 Å². The van der Waals surface area contributed by atoms with Gasteiger partial charge in [-0.2, -0.15) is 0 Å². The molecule has 6 heteroatoms. The smallest absolute Gasteiger partial charge is 0.171 e. The molecule has 4 N–H and O–H groups in total. The molecule has 0 radical (unpaired) electrons. The third kappa shape index (κ3) is 3.39. The van der Waals surface area contributed by atoms with Crippen molar-refractivity contribution in [3.63, 3.8) is 0 Å². The summed E-state index contributed by atoms with van der Waals surface area (Å²) in [6, 6.07) is 4.08. The molecule has 0 atom stereocenters. The van der Waals surface area contributed by atoms with Gasteiger partial charge in [0.25, 0.3) is 0 Å². The fourth-order valence-electron chi connectivity index (χ4n) is 2.75. The molecule has 1 fully saturated rings. The summed E-state index contributed by atoms with van der Waals surface area (Å²) in [4.78, 5) is 6.55. The largest absolute Gasteiger partial charge is 0.409 e. The summed E-state index contributed by atoms with van der Waals surface area (Å²) >= 11 is 0. The van der Waals surface area contributed by atoms with Gasteiger partial charge in [-0.25, -0.2) is 4.98 Å². The number of pyridine rings is 1. The lowest BCUT2D eigenvalue weighted by Gasteiger charge is -2.35. The van der Waals surface area contributed by atoms with E-state index in [0.717, 1.165) is 18.7 Å². The molecule has 0 saturated heterocycles. The van der Waals surface area contributed by atoms with Crippen LogP contribution in [0.1, 0.15) is 37.7 Å². The van der Waals surface area contributed by atoms with Gasteiger partial charge in [0, 0.05) is 24.3 Å². The second kappa shape index (κ2) is 7.09. The van der Waals surface area contributed by atoms with Gasteiger partial charge in [-0.1, -0.05) is 24.4 Å². The number of hydrogen-bond acceptors (Lipinski definition) is 5. The quantitative estimate of drug-likeness (QED) is 0.327. The van der Waals surface area contributed by atoms with Crippen molar-refractivity contribution in [2.75, 3.05) is 18.1 Å². The normalized spacial score (nSPS) is 17.1. The minimum atomic E-state index is 0.0513. The van der Waals surface area contributed by atoms with E-state index in [2.05, 4.69) is 15.0 Å². The molecule has 1 aromatic rings. The van der Waals surface area contributed by atoms with Crippen LogP contribution in [0.2, 0.25) is 0 Å². The molecule has 0 unspecified atom stereocenters. The Morgan fingerprint density at radius 1 is 1.35 bits per heavy atom. The summed E-state index contributed by atoms with van der Waals surface area (Å²) in [6.45, 7) is 0.695. The van der Waals surface area contributed by atoms with Gasteiger partial charge in [0.2, 0.25) is 0 Å². The fraction of sp³-hybridized carbons (Fsp3) is 0.571. The lowest BCUT2D eigenvalue weighted by atomic mass is 9.94. The highest BCUT2D eigenvalue weighted by Gasteiger charge is 2.21. The second-order valence-corrected chi connectivity index (χ2v) is 5.10. The number of rotatable bonds is 5. The Morgan fingerprint density at radius 3 is 2.65 bits per heavy atom. The average molecular weight is 278 g/mol. The molecular weight excluding hydrogens is 256 g/mol. The van der Waals surface area contributed by atoms with Gasteiger partial charge >= 0.3 is 0 Å². The van der Waals surface area contributed by atoms with Gasteiger partial charge in [0.15, 0.2) is 5.84 Å². The van der Waals surface area contributed by atoms with Crippen LogP contribution in [0, 0.1) is 0 Å². The zero-order chi connectivity index (χ0) is 14.4. The number of hydrogen-bond donors (Lipinski definition) is 3. The van der Waals surface area contributed by atoms with Crippen LogP contribution in [0.25, 0.3) is 0 Å². The molecule has 1 aromatic heterocycles. The Morgan fingerprint density at radius 2 is 2.10 bits per heavy atom. The Hall–Kier alpha value is -1.82. The van der Waals surface area contributed by atoms with Crippen molar-refractivity contribution < 1.29 is 10.3 Å². The number of aliphatic hydroxyl groups excluding tert-OH is 1. The molecule has 0 spiro atoms. The van der Waals surface area contributed by atoms with Crippen LogP contribution in [-0.2, 0) is 0 Å². The number of nitrogens with two attached hydrogens (primary N) is 1. The first-order valence-electron chi connectivity index (χ1n) is 7.07. The van der Waals surface area contributed by atoms with E-state index in [4.69, 9.17) is 10.9 Å². The highest BCUT2D eigenvalue weighted by molar-refractivity contribution is 5.96. The van der Waals surface area contributed by atoms with E-state index in [1.165, 1.54) is 19.3 Å². The first-order valence-corrected chi connectivity index (χ1v) is 7.07. The monoisotopic (exact) mass is 278 g/mol. The van der Waals surface area contributed by atoms with Gasteiger partial charge in [-0.05, 0) is 25.0 Å². The topological polar surface area (TPSA) is 95.0 Å². The van der Waals surface area contributed by atoms with Crippen LogP contribution in [0.15, 0.2) is 23.5 Å². The van der Waals surface area contributed by atoms with Crippen LogP contribution in [0.5, 0.6) is 0 Å². The van der Waals surface area contributed by atoms with Crippen LogP contribution >= 0.6 is 0 Å². The molecule has 2 rings (SSSR count). The van der Waals surface area contributed by atoms with Gasteiger partial charge in [0.1, 0.15) is 5.82 Å². The van der Waals surface area contributed by atoms with Crippen molar-refractivity contribution in [1.82, 2.24) is 4.98 Å². The van der Waals surface area contributed by atoms with E-state index >= 15 is 0 Å². The summed E-state index contributed by atoms with van der Waals surface area (Å²) in [7, 11) is 0. The Balaban J connectivity index is 2.16. The molecule has 20 heavy (non-hydrogen) atoms. The molecule has 1 aliphatic rings. The fourth-order valence-corrected chi connectivity index (χ4v) is 2.75. The Labute approximate surface area is 118 Å². The predicted molar refractivity (Wildman–Crippen MR) is 78.1 cm³/mol. The lowest BCUT2D eigenvalue weighted by Crippen LogP contribution is -2.39. The summed E-state index contributed by atoms with van der Waals surface area (Å²) in [5.41, 5.74) is 6.12. The maximum Gasteiger partial charge on any atom is 0.171 e. The SMILES string of the molecule is NC(=NO)c1ccc(N(CCO)C2CCCCC2)nc1. The van der Waals surface area contributed by atoms with Crippen LogP contribution in [0.3, 0.4) is 0 Å². The highest BCUT2D eigenvalue weighted by atomic mass is 16.4. The maximum absolute atomic E-state index is 9.27. The van der Waals surface area contributed by atoms with Crippen molar-refractivity contribution in [3.8, 4) is 0 Å². The standard InChI is InChI=1S/C14H22N4O2/c15-14(17-20)11-6-7-13(16-10-11)18(8-9-19)12-4-2-1-3-5-12/h6-7,10,12,19-20H,1-5,8-9H2,(H2,15,17). The third-order valence-corrected chi connectivity index (χ3v) is 3.80. The summed E-state index contributed by atoms with van der Waals surface area (Å²) in [5, 5.41) is 20.9. The minimum absolute atomic E-state index is 0.0513. The molecule has 0 aliphatic heterocycles. The summed E-state index contributed by atoms with van der Waals surface area (Å²) < 4.78 is 0. The molecule has 0 bridgehead atoms. The van der Waals surface area contributed by atoms with E-state index in [1.54, 1.807) is 12.3 Å². The summed E-state index contributed by atoms with van der Waals surface area (Å²) in [5.74, 6) is 0.885. The van der Waals surface area contributed by atoms with Crippen molar-refractivity contribution >= 4 is 11.7 Å². The van der Waals surface area contributed by atoms with E-state index in [1.807, 2.05) is 6.07 Å². The van der Waals surface area contributed by atoms with E-state index in [9.17, 15) is 5.11 Å². The van der Waals surface area contributed by atoms with Gasteiger partial charge < -0.3 is 20.9 Å². The van der Waals surface area contributed by atoms with Crippen molar-refractivity contribution in [2.24, 2.45) is 10.9 Å². The molecule has 1 saturated carbocycles. The first-order chi connectivity index (χ1) is 9.76. The molecule has 1 aliphatic carbocycles. The van der Waals surface area contributed by atoms with Crippen LogP contribution in [0.4, 0.5) is 5.82 Å². The van der Waals surface area contributed by atoms with E-state index in [0.29, 0.717) is 18.2 Å². The summed E-state index contributed by atoms with van der Waals surface area (Å²) in [6.07, 6.45) is 7.63. The van der Waals surface area contributed by atoms with Gasteiger partial charge in [-0.15, -0.1) is 0 Å². The van der Waals surface area contributed by atoms with Crippen molar-refractivity contribution in [3.05, 3.63) is 23.9 Å². The molecule has 6 nitrogen and oxygen atoms in total. The minimum Gasteiger partial charge on any atom is -0.409 e. The average Bonchev–Trinajstić information content (AvgIpc) is 2.53. The second-order valence-electron chi connectivity index (χ2n) is 5.10. The van der Waals surface area contributed by atoms with Crippen molar-refractivity contribution in [2.45, 2.75) is 38.1 Å². The Kier molecular flexibility index (Phi) is 5.17. The number of aliphatic hydroxyl groups is 1. The van der Waals surface area contributed by atoms with Crippen LogP contribution < -0.4 is 10.6 Å². The van der Waals surface area contributed by atoms with Gasteiger partial charge in [0.05, 0.1) is 6.61 Å². The molecule has 110 valence electrons. The zero-order valence-electron chi connectivity index (χ0n) is 11.6. The number of amidine groups is 1. The molecule has 1 heterocycles. The number of oxime groups is 1.